The first-order chi connectivity index (χ1) is 14.0. The van der Waals surface area contributed by atoms with Gasteiger partial charge in [0.2, 0.25) is 5.91 Å². The molecule has 2 amide bonds. The molecular weight excluding hydrogens is 372 g/mol. The first-order valence-corrected chi connectivity index (χ1v) is 9.71. The second kappa shape index (κ2) is 9.68. The van der Waals surface area contributed by atoms with Crippen molar-refractivity contribution in [3.05, 3.63) is 64.2 Å². The number of amides is 2. The summed E-state index contributed by atoms with van der Waals surface area (Å²) in [6.45, 7) is -0.160. The first kappa shape index (κ1) is 20.3. The van der Waals surface area contributed by atoms with Crippen molar-refractivity contribution >= 4 is 28.9 Å². The Balaban J connectivity index is 1.62. The molecule has 29 heavy (non-hydrogen) atoms. The highest BCUT2D eigenvalue weighted by Crippen LogP contribution is 2.28. The number of para-hydroxylation sites is 1. The predicted octanol–water partition coefficient (Wildman–Crippen LogP) is 3.52. The molecule has 0 saturated heterocycles. The lowest BCUT2D eigenvalue weighted by Gasteiger charge is -2.22. The van der Waals surface area contributed by atoms with Gasteiger partial charge in [-0.15, -0.1) is 0 Å². The lowest BCUT2D eigenvalue weighted by atomic mass is 9.95. The quantitative estimate of drug-likeness (QED) is 0.489. The fraction of sp³-hybridized carbons (Fsp3) is 0.333. The molecule has 0 aromatic heterocycles. The third-order valence-corrected chi connectivity index (χ3v) is 4.89. The number of hydrogen-bond acceptors (Lipinski definition) is 5. The van der Waals surface area contributed by atoms with E-state index in [1.807, 2.05) is 18.2 Å². The van der Waals surface area contributed by atoms with Crippen LogP contribution < -0.4 is 16.0 Å². The summed E-state index contributed by atoms with van der Waals surface area (Å²) in [5.41, 5.74) is 0.897. The van der Waals surface area contributed by atoms with E-state index in [0.29, 0.717) is 5.69 Å². The number of nitrogens with zero attached hydrogens (tertiary/aromatic N) is 1. The van der Waals surface area contributed by atoms with Gasteiger partial charge in [-0.1, -0.05) is 37.5 Å². The van der Waals surface area contributed by atoms with E-state index in [4.69, 9.17) is 0 Å². The standard InChI is InChI=1S/C21H24N4O4/c26-20(24-17-9-5-2-6-10-17)14-22-21(27)15-11-12-18(19(13-15)25(28)29)23-16-7-3-1-4-8-16/h1,3-4,7-8,11-13,17,23H,2,5-6,9-10,14H2,(H,22,27)(H,24,26). The van der Waals surface area contributed by atoms with Gasteiger partial charge in [-0.3, -0.25) is 19.7 Å². The van der Waals surface area contributed by atoms with Crippen molar-refractivity contribution in [1.82, 2.24) is 10.6 Å². The van der Waals surface area contributed by atoms with Crippen LogP contribution in [-0.2, 0) is 4.79 Å². The number of nitro groups is 1. The zero-order chi connectivity index (χ0) is 20.6. The summed E-state index contributed by atoms with van der Waals surface area (Å²) in [4.78, 5) is 35.3. The lowest BCUT2D eigenvalue weighted by molar-refractivity contribution is -0.383. The summed E-state index contributed by atoms with van der Waals surface area (Å²) < 4.78 is 0. The molecule has 0 radical (unpaired) electrons. The molecule has 1 aliphatic carbocycles. The topological polar surface area (TPSA) is 113 Å². The van der Waals surface area contributed by atoms with Gasteiger partial charge in [-0.2, -0.15) is 0 Å². The second-order valence-corrected chi connectivity index (χ2v) is 7.07. The molecule has 0 bridgehead atoms. The van der Waals surface area contributed by atoms with Gasteiger partial charge >= 0.3 is 0 Å². The summed E-state index contributed by atoms with van der Waals surface area (Å²) in [6, 6.07) is 13.4. The number of carbonyl (C=O) groups excluding carboxylic acids is 2. The molecule has 3 rings (SSSR count). The Morgan fingerprint density at radius 3 is 2.45 bits per heavy atom. The van der Waals surface area contributed by atoms with E-state index in [2.05, 4.69) is 16.0 Å². The minimum Gasteiger partial charge on any atom is -0.352 e. The fourth-order valence-corrected chi connectivity index (χ4v) is 3.39. The maximum absolute atomic E-state index is 12.4. The fourth-order valence-electron chi connectivity index (χ4n) is 3.39. The maximum atomic E-state index is 12.4. The molecule has 0 heterocycles. The Bertz CT molecular complexity index is 880. The van der Waals surface area contributed by atoms with E-state index in [9.17, 15) is 19.7 Å². The van der Waals surface area contributed by atoms with E-state index < -0.39 is 10.8 Å². The molecular formula is C21H24N4O4. The van der Waals surface area contributed by atoms with Gasteiger partial charge < -0.3 is 16.0 Å². The van der Waals surface area contributed by atoms with Crippen LogP contribution in [0.3, 0.4) is 0 Å². The molecule has 0 unspecified atom stereocenters. The predicted molar refractivity (Wildman–Crippen MR) is 110 cm³/mol. The number of carbonyl (C=O) groups is 2. The Morgan fingerprint density at radius 1 is 1.03 bits per heavy atom. The Hall–Kier alpha value is -3.42. The Morgan fingerprint density at radius 2 is 1.76 bits per heavy atom. The number of nitro benzene ring substituents is 1. The van der Waals surface area contributed by atoms with Crippen LogP contribution in [0.5, 0.6) is 0 Å². The highest BCUT2D eigenvalue weighted by atomic mass is 16.6. The summed E-state index contributed by atoms with van der Waals surface area (Å²) in [5.74, 6) is -0.778. The van der Waals surface area contributed by atoms with Crippen LogP contribution in [0, 0.1) is 10.1 Å². The number of benzene rings is 2. The van der Waals surface area contributed by atoms with Crippen molar-refractivity contribution in [2.24, 2.45) is 0 Å². The minimum absolute atomic E-state index is 0.126. The van der Waals surface area contributed by atoms with Gasteiger partial charge in [0, 0.05) is 23.4 Å². The number of anilines is 2. The van der Waals surface area contributed by atoms with Gasteiger partial charge in [0.15, 0.2) is 0 Å². The van der Waals surface area contributed by atoms with E-state index >= 15 is 0 Å². The van der Waals surface area contributed by atoms with Gasteiger partial charge in [0.1, 0.15) is 5.69 Å². The van der Waals surface area contributed by atoms with E-state index in [1.165, 1.54) is 24.6 Å². The molecule has 1 saturated carbocycles. The average molecular weight is 396 g/mol. The molecule has 2 aromatic carbocycles. The van der Waals surface area contributed by atoms with Crippen molar-refractivity contribution in [2.75, 3.05) is 11.9 Å². The summed E-state index contributed by atoms with van der Waals surface area (Å²) in [6.07, 6.45) is 5.31. The molecule has 1 aliphatic rings. The van der Waals surface area contributed by atoms with Crippen molar-refractivity contribution in [3.8, 4) is 0 Å². The first-order valence-electron chi connectivity index (χ1n) is 9.71. The molecule has 152 valence electrons. The highest BCUT2D eigenvalue weighted by Gasteiger charge is 2.19. The molecule has 0 spiro atoms. The molecule has 8 heteroatoms. The van der Waals surface area contributed by atoms with E-state index in [0.717, 1.165) is 25.7 Å². The maximum Gasteiger partial charge on any atom is 0.293 e. The number of rotatable bonds is 7. The Kier molecular flexibility index (Phi) is 6.78. The minimum atomic E-state index is -0.544. The lowest BCUT2D eigenvalue weighted by Crippen LogP contribution is -2.42. The van der Waals surface area contributed by atoms with Gasteiger partial charge in [0.25, 0.3) is 11.6 Å². The van der Waals surface area contributed by atoms with Crippen LogP contribution in [0.15, 0.2) is 48.5 Å². The third kappa shape index (κ3) is 5.78. The third-order valence-electron chi connectivity index (χ3n) is 4.89. The monoisotopic (exact) mass is 396 g/mol. The summed E-state index contributed by atoms with van der Waals surface area (Å²) in [5, 5.41) is 19.9. The van der Waals surface area contributed by atoms with Crippen LogP contribution in [0.2, 0.25) is 0 Å². The van der Waals surface area contributed by atoms with Crippen LogP contribution in [0.4, 0.5) is 17.1 Å². The second-order valence-electron chi connectivity index (χ2n) is 7.07. The van der Waals surface area contributed by atoms with Crippen LogP contribution in [0.1, 0.15) is 42.5 Å². The molecule has 0 atom stereocenters. The summed E-state index contributed by atoms with van der Waals surface area (Å²) >= 11 is 0. The molecule has 3 N–H and O–H groups in total. The van der Waals surface area contributed by atoms with Crippen LogP contribution in [-0.4, -0.2) is 29.3 Å². The van der Waals surface area contributed by atoms with Gasteiger partial charge in [-0.05, 0) is 37.1 Å². The normalized spacial score (nSPS) is 14.1. The molecule has 2 aromatic rings. The van der Waals surface area contributed by atoms with Crippen molar-refractivity contribution in [1.29, 1.82) is 0 Å². The van der Waals surface area contributed by atoms with Crippen molar-refractivity contribution in [2.45, 2.75) is 38.1 Å². The SMILES string of the molecule is O=C(CNC(=O)c1ccc(Nc2ccccc2)c([N+](=O)[O-])c1)NC1CCCCC1. The van der Waals surface area contributed by atoms with Gasteiger partial charge in [-0.25, -0.2) is 0 Å². The van der Waals surface area contributed by atoms with E-state index in [-0.39, 0.29) is 35.4 Å². The van der Waals surface area contributed by atoms with Crippen LogP contribution in [0.25, 0.3) is 0 Å². The smallest absolute Gasteiger partial charge is 0.293 e. The zero-order valence-electron chi connectivity index (χ0n) is 16.0. The van der Waals surface area contributed by atoms with Crippen molar-refractivity contribution < 1.29 is 14.5 Å². The molecule has 1 fully saturated rings. The molecule has 8 nitrogen and oxygen atoms in total. The van der Waals surface area contributed by atoms with Crippen molar-refractivity contribution in [3.63, 3.8) is 0 Å². The van der Waals surface area contributed by atoms with E-state index in [1.54, 1.807) is 12.1 Å². The number of nitrogens with one attached hydrogen (secondary N) is 3. The van der Waals surface area contributed by atoms with Crippen LogP contribution >= 0.6 is 0 Å². The largest absolute Gasteiger partial charge is 0.352 e. The molecule has 0 aliphatic heterocycles. The average Bonchev–Trinajstić information content (AvgIpc) is 2.73. The number of hydrogen-bond donors (Lipinski definition) is 3. The van der Waals surface area contributed by atoms with Gasteiger partial charge in [0.05, 0.1) is 11.5 Å². The highest BCUT2D eigenvalue weighted by molar-refractivity contribution is 5.97. The Labute approximate surface area is 168 Å². The summed E-state index contributed by atoms with van der Waals surface area (Å²) in [7, 11) is 0. The zero-order valence-corrected chi connectivity index (χ0v) is 16.0.